The van der Waals surface area contributed by atoms with Crippen LogP contribution in [0.1, 0.15) is 23.5 Å². The fourth-order valence-corrected chi connectivity index (χ4v) is 2.46. The zero-order chi connectivity index (χ0) is 13.9. The molecular weight excluding hydrogens is 255 g/mol. The second-order valence-corrected chi connectivity index (χ2v) is 5.51. The second kappa shape index (κ2) is 5.89. The molecule has 0 spiro atoms. The van der Waals surface area contributed by atoms with Crippen molar-refractivity contribution in [1.82, 2.24) is 19.8 Å². The molecule has 20 heavy (non-hydrogen) atoms. The molecule has 2 fully saturated rings. The Morgan fingerprint density at radius 1 is 1.25 bits per heavy atom. The SMILES string of the molecule is O=C(c1ncc([B]O)cn1)N1CCN(CC2CC2)CC1. The molecule has 1 radical (unpaired) electrons. The number of amides is 1. The van der Waals surface area contributed by atoms with Gasteiger partial charge in [0.2, 0.25) is 5.82 Å². The minimum Gasteiger partial charge on any atom is -0.450 e. The molecule has 3 rings (SSSR count). The number of carbonyl (C=O) groups excluding carboxylic acids is 1. The third kappa shape index (κ3) is 3.16. The highest BCUT2D eigenvalue weighted by atomic mass is 16.2. The molecule has 1 N–H and O–H groups in total. The first-order valence-electron chi connectivity index (χ1n) is 7.07. The highest BCUT2D eigenvalue weighted by Crippen LogP contribution is 2.29. The van der Waals surface area contributed by atoms with Crippen molar-refractivity contribution in [2.75, 3.05) is 32.7 Å². The van der Waals surface area contributed by atoms with Gasteiger partial charge in [-0.1, -0.05) is 0 Å². The summed E-state index contributed by atoms with van der Waals surface area (Å²) in [5.41, 5.74) is 0.496. The minimum absolute atomic E-state index is 0.124. The Morgan fingerprint density at radius 3 is 2.45 bits per heavy atom. The van der Waals surface area contributed by atoms with Gasteiger partial charge >= 0.3 is 7.48 Å². The van der Waals surface area contributed by atoms with Crippen LogP contribution >= 0.6 is 0 Å². The standard InChI is InChI=1S/C13H18BN4O2/c19-13(12-15-7-11(14-20)8-16-12)18-5-3-17(4-6-18)9-10-1-2-10/h7-8,10,20H,1-6,9H2. The average Bonchev–Trinajstić information content (AvgIpc) is 3.31. The molecular formula is C13H18BN4O2. The Hall–Kier alpha value is -1.47. The number of aromatic nitrogens is 2. The Bertz CT molecular complexity index is 470. The van der Waals surface area contributed by atoms with Gasteiger partial charge in [0.1, 0.15) is 0 Å². The maximum absolute atomic E-state index is 12.3. The average molecular weight is 273 g/mol. The zero-order valence-corrected chi connectivity index (χ0v) is 11.4. The quantitative estimate of drug-likeness (QED) is 0.704. The topological polar surface area (TPSA) is 69.6 Å². The summed E-state index contributed by atoms with van der Waals surface area (Å²) in [5.74, 6) is 0.967. The molecule has 2 heterocycles. The maximum Gasteiger partial charge on any atom is 0.329 e. The van der Waals surface area contributed by atoms with Gasteiger partial charge in [0, 0.05) is 45.1 Å². The number of hydrogen-bond donors (Lipinski definition) is 1. The van der Waals surface area contributed by atoms with Gasteiger partial charge in [-0.25, -0.2) is 9.97 Å². The van der Waals surface area contributed by atoms with E-state index in [4.69, 9.17) is 5.02 Å². The lowest BCUT2D eigenvalue weighted by Crippen LogP contribution is -2.49. The van der Waals surface area contributed by atoms with E-state index in [2.05, 4.69) is 14.9 Å². The van der Waals surface area contributed by atoms with Gasteiger partial charge in [0.15, 0.2) is 0 Å². The monoisotopic (exact) mass is 273 g/mol. The predicted molar refractivity (Wildman–Crippen MR) is 74.7 cm³/mol. The van der Waals surface area contributed by atoms with Crippen molar-refractivity contribution in [2.24, 2.45) is 5.92 Å². The van der Waals surface area contributed by atoms with E-state index in [1.165, 1.54) is 31.8 Å². The molecule has 1 aromatic heterocycles. The van der Waals surface area contributed by atoms with E-state index in [-0.39, 0.29) is 11.7 Å². The van der Waals surface area contributed by atoms with Crippen LogP contribution in [0, 0.1) is 5.92 Å². The Morgan fingerprint density at radius 2 is 1.90 bits per heavy atom. The zero-order valence-electron chi connectivity index (χ0n) is 11.4. The second-order valence-electron chi connectivity index (χ2n) is 5.51. The first kappa shape index (κ1) is 13.5. The van der Waals surface area contributed by atoms with E-state index in [9.17, 15) is 4.79 Å². The molecule has 7 heteroatoms. The van der Waals surface area contributed by atoms with E-state index < -0.39 is 0 Å². The van der Waals surface area contributed by atoms with E-state index in [1.807, 2.05) is 0 Å². The van der Waals surface area contributed by atoms with Crippen LogP contribution in [0.3, 0.4) is 0 Å². The predicted octanol–water partition coefficient (Wildman–Crippen LogP) is -1.12. The van der Waals surface area contributed by atoms with Crippen LogP contribution < -0.4 is 5.46 Å². The van der Waals surface area contributed by atoms with E-state index in [0.717, 1.165) is 39.6 Å². The highest BCUT2D eigenvalue weighted by Gasteiger charge is 2.28. The summed E-state index contributed by atoms with van der Waals surface area (Å²) in [6.07, 6.45) is 5.62. The van der Waals surface area contributed by atoms with Crippen molar-refractivity contribution < 1.29 is 9.82 Å². The third-order valence-corrected chi connectivity index (χ3v) is 3.88. The lowest BCUT2D eigenvalue weighted by Gasteiger charge is -2.34. The van der Waals surface area contributed by atoms with Crippen LogP contribution in [-0.4, -0.2) is 70.9 Å². The molecule has 1 saturated carbocycles. The van der Waals surface area contributed by atoms with Gasteiger partial charge in [-0.15, -0.1) is 0 Å². The van der Waals surface area contributed by atoms with Gasteiger partial charge in [-0.3, -0.25) is 9.69 Å². The van der Waals surface area contributed by atoms with Gasteiger partial charge in [-0.2, -0.15) is 0 Å². The molecule has 1 aliphatic heterocycles. The largest absolute Gasteiger partial charge is 0.450 e. The Balaban J connectivity index is 1.54. The van der Waals surface area contributed by atoms with Crippen LogP contribution in [0.25, 0.3) is 0 Å². The van der Waals surface area contributed by atoms with Gasteiger partial charge in [0.25, 0.3) is 5.91 Å². The highest BCUT2D eigenvalue weighted by molar-refractivity contribution is 6.45. The molecule has 1 saturated heterocycles. The fourth-order valence-electron chi connectivity index (χ4n) is 2.46. The number of carbonyl (C=O) groups is 1. The summed E-state index contributed by atoms with van der Waals surface area (Å²) >= 11 is 0. The van der Waals surface area contributed by atoms with Crippen LogP contribution in [0.15, 0.2) is 12.4 Å². The van der Waals surface area contributed by atoms with Crippen LogP contribution in [0.5, 0.6) is 0 Å². The summed E-state index contributed by atoms with van der Waals surface area (Å²) in [6.45, 7) is 4.53. The van der Waals surface area contributed by atoms with Crippen molar-refractivity contribution in [1.29, 1.82) is 0 Å². The molecule has 1 aliphatic carbocycles. The minimum atomic E-state index is -0.124. The first-order valence-corrected chi connectivity index (χ1v) is 7.07. The Kier molecular flexibility index (Phi) is 3.98. The smallest absolute Gasteiger partial charge is 0.329 e. The molecule has 0 aromatic carbocycles. The summed E-state index contributed by atoms with van der Waals surface area (Å²) in [6, 6.07) is 0. The number of nitrogens with zero attached hydrogens (tertiary/aromatic N) is 4. The number of piperazine rings is 1. The van der Waals surface area contributed by atoms with Gasteiger partial charge in [0.05, 0.1) is 0 Å². The van der Waals surface area contributed by atoms with Gasteiger partial charge in [-0.05, 0) is 24.2 Å². The van der Waals surface area contributed by atoms with E-state index >= 15 is 0 Å². The van der Waals surface area contributed by atoms with Crippen LogP contribution in [0.2, 0.25) is 0 Å². The third-order valence-electron chi connectivity index (χ3n) is 3.88. The molecule has 0 atom stereocenters. The number of rotatable bonds is 4. The molecule has 105 valence electrons. The fraction of sp³-hybridized carbons (Fsp3) is 0.615. The molecule has 0 bridgehead atoms. The Labute approximate surface area is 119 Å². The van der Waals surface area contributed by atoms with Gasteiger partial charge < -0.3 is 9.92 Å². The van der Waals surface area contributed by atoms with Crippen molar-refractivity contribution in [3.63, 3.8) is 0 Å². The van der Waals surface area contributed by atoms with E-state index in [0.29, 0.717) is 5.46 Å². The lowest BCUT2D eigenvalue weighted by atomic mass is 9.92. The molecule has 1 aromatic rings. The molecule has 6 nitrogen and oxygen atoms in total. The van der Waals surface area contributed by atoms with Crippen molar-refractivity contribution in [3.8, 4) is 0 Å². The summed E-state index contributed by atoms with van der Waals surface area (Å²) in [4.78, 5) is 24.5. The molecule has 0 unspecified atom stereocenters. The first-order chi connectivity index (χ1) is 9.76. The summed E-state index contributed by atoms with van der Waals surface area (Å²) < 4.78 is 0. The molecule has 2 aliphatic rings. The normalized spacial score (nSPS) is 19.9. The summed E-state index contributed by atoms with van der Waals surface area (Å²) in [7, 11) is 0.922. The lowest BCUT2D eigenvalue weighted by molar-refractivity contribution is 0.0620. The number of hydrogen-bond acceptors (Lipinski definition) is 5. The van der Waals surface area contributed by atoms with Crippen LogP contribution in [-0.2, 0) is 0 Å². The van der Waals surface area contributed by atoms with Crippen LogP contribution in [0.4, 0.5) is 0 Å². The van der Waals surface area contributed by atoms with Crippen molar-refractivity contribution in [2.45, 2.75) is 12.8 Å². The molecule has 1 amide bonds. The van der Waals surface area contributed by atoms with Crippen molar-refractivity contribution in [3.05, 3.63) is 18.2 Å². The van der Waals surface area contributed by atoms with Crippen molar-refractivity contribution >= 4 is 18.9 Å². The van der Waals surface area contributed by atoms with E-state index in [1.54, 1.807) is 4.90 Å². The summed E-state index contributed by atoms with van der Waals surface area (Å²) in [5, 5.41) is 8.82. The maximum atomic E-state index is 12.3.